The monoisotopic (exact) mass is 359 g/mol. The Bertz CT molecular complexity index is 923. The molecule has 0 aliphatic rings. The van der Waals surface area contributed by atoms with E-state index in [0.29, 0.717) is 11.3 Å². The highest BCUT2D eigenvalue weighted by Gasteiger charge is 2.14. The SMILES string of the molecule is Cc1cccc(Nc2ccc(NC(=O)c3ccc(C(C)(C)C)cc3)cn2)c1. The molecule has 0 spiro atoms. The quantitative estimate of drug-likeness (QED) is 0.630. The van der Waals surface area contributed by atoms with Crippen LogP contribution in [0.15, 0.2) is 66.9 Å². The van der Waals surface area contributed by atoms with Crippen LogP contribution < -0.4 is 10.6 Å². The lowest BCUT2D eigenvalue weighted by atomic mass is 9.87. The van der Waals surface area contributed by atoms with E-state index in [4.69, 9.17) is 0 Å². The van der Waals surface area contributed by atoms with Crippen molar-refractivity contribution in [2.75, 3.05) is 10.6 Å². The number of nitrogens with one attached hydrogen (secondary N) is 2. The molecular weight excluding hydrogens is 334 g/mol. The molecule has 0 fully saturated rings. The third-order valence-electron chi connectivity index (χ3n) is 4.32. The van der Waals surface area contributed by atoms with Crippen LogP contribution in [-0.4, -0.2) is 10.9 Å². The second kappa shape index (κ2) is 7.62. The summed E-state index contributed by atoms with van der Waals surface area (Å²) >= 11 is 0. The molecule has 4 heteroatoms. The van der Waals surface area contributed by atoms with Gasteiger partial charge in [0.2, 0.25) is 0 Å². The van der Waals surface area contributed by atoms with E-state index < -0.39 is 0 Å². The molecule has 3 rings (SSSR count). The number of pyridine rings is 1. The van der Waals surface area contributed by atoms with Gasteiger partial charge in [-0.3, -0.25) is 4.79 Å². The smallest absolute Gasteiger partial charge is 0.255 e. The van der Waals surface area contributed by atoms with Crippen molar-refractivity contribution in [3.8, 4) is 0 Å². The third kappa shape index (κ3) is 4.94. The van der Waals surface area contributed by atoms with Crippen LogP contribution in [0.2, 0.25) is 0 Å². The van der Waals surface area contributed by atoms with Crippen LogP contribution in [-0.2, 0) is 5.41 Å². The Kier molecular flexibility index (Phi) is 5.26. The second-order valence-electron chi connectivity index (χ2n) is 7.71. The number of anilines is 3. The highest BCUT2D eigenvalue weighted by Crippen LogP contribution is 2.22. The van der Waals surface area contributed by atoms with Crippen molar-refractivity contribution in [1.82, 2.24) is 4.98 Å². The van der Waals surface area contributed by atoms with Crippen molar-refractivity contribution >= 4 is 23.1 Å². The number of aromatic nitrogens is 1. The number of aryl methyl sites for hydroxylation is 1. The van der Waals surface area contributed by atoms with E-state index >= 15 is 0 Å². The fourth-order valence-corrected chi connectivity index (χ4v) is 2.74. The van der Waals surface area contributed by atoms with Crippen molar-refractivity contribution < 1.29 is 4.79 Å². The molecule has 0 atom stereocenters. The highest BCUT2D eigenvalue weighted by atomic mass is 16.1. The number of amides is 1. The summed E-state index contributed by atoms with van der Waals surface area (Å²) in [6.07, 6.45) is 1.65. The lowest BCUT2D eigenvalue weighted by molar-refractivity contribution is 0.102. The molecule has 1 aromatic heterocycles. The zero-order valence-corrected chi connectivity index (χ0v) is 16.2. The van der Waals surface area contributed by atoms with Crippen LogP contribution in [0.5, 0.6) is 0 Å². The average Bonchev–Trinajstić information content (AvgIpc) is 2.63. The number of carbonyl (C=O) groups excluding carboxylic acids is 1. The fraction of sp³-hybridized carbons (Fsp3) is 0.217. The summed E-state index contributed by atoms with van der Waals surface area (Å²) in [4.78, 5) is 16.8. The minimum atomic E-state index is -0.142. The van der Waals surface area contributed by atoms with Crippen LogP contribution in [0.4, 0.5) is 17.2 Å². The van der Waals surface area contributed by atoms with Crippen LogP contribution in [0.3, 0.4) is 0 Å². The lowest BCUT2D eigenvalue weighted by Gasteiger charge is -2.19. The summed E-state index contributed by atoms with van der Waals surface area (Å²) in [6.45, 7) is 8.51. The van der Waals surface area contributed by atoms with Gasteiger partial charge in [-0.1, -0.05) is 45.0 Å². The van der Waals surface area contributed by atoms with E-state index in [1.54, 1.807) is 6.20 Å². The third-order valence-corrected chi connectivity index (χ3v) is 4.32. The van der Waals surface area contributed by atoms with Gasteiger partial charge in [0.1, 0.15) is 5.82 Å². The van der Waals surface area contributed by atoms with Crippen molar-refractivity contribution in [3.05, 3.63) is 83.6 Å². The first-order valence-corrected chi connectivity index (χ1v) is 9.03. The normalized spacial score (nSPS) is 11.1. The van der Waals surface area contributed by atoms with Crippen molar-refractivity contribution in [1.29, 1.82) is 0 Å². The summed E-state index contributed by atoms with van der Waals surface area (Å²) in [5, 5.41) is 6.14. The van der Waals surface area contributed by atoms with Gasteiger partial charge in [0, 0.05) is 11.3 Å². The number of carbonyl (C=O) groups is 1. The molecule has 0 radical (unpaired) electrons. The van der Waals surface area contributed by atoms with Crippen molar-refractivity contribution in [2.24, 2.45) is 0 Å². The molecule has 1 heterocycles. The fourth-order valence-electron chi connectivity index (χ4n) is 2.74. The van der Waals surface area contributed by atoms with Gasteiger partial charge in [0.25, 0.3) is 5.91 Å². The van der Waals surface area contributed by atoms with E-state index in [-0.39, 0.29) is 11.3 Å². The van der Waals surface area contributed by atoms with Gasteiger partial charge in [-0.15, -0.1) is 0 Å². The summed E-state index contributed by atoms with van der Waals surface area (Å²) in [5.74, 6) is 0.588. The molecule has 27 heavy (non-hydrogen) atoms. The van der Waals surface area contributed by atoms with Gasteiger partial charge in [0.15, 0.2) is 0 Å². The molecule has 0 bridgehead atoms. The number of benzene rings is 2. The first kappa shape index (κ1) is 18.6. The topological polar surface area (TPSA) is 54.0 Å². The molecule has 0 aliphatic carbocycles. The molecule has 3 aromatic rings. The first-order valence-electron chi connectivity index (χ1n) is 9.03. The van der Waals surface area contributed by atoms with E-state index in [1.165, 1.54) is 11.1 Å². The molecule has 0 unspecified atom stereocenters. The van der Waals surface area contributed by atoms with Gasteiger partial charge < -0.3 is 10.6 Å². The van der Waals surface area contributed by atoms with E-state index in [2.05, 4.69) is 42.5 Å². The zero-order chi connectivity index (χ0) is 19.4. The molecule has 138 valence electrons. The van der Waals surface area contributed by atoms with Gasteiger partial charge in [-0.2, -0.15) is 0 Å². The Morgan fingerprint density at radius 1 is 0.926 bits per heavy atom. The number of hydrogen-bond acceptors (Lipinski definition) is 3. The van der Waals surface area contributed by atoms with Gasteiger partial charge in [-0.05, 0) is 59.9 Å². The van der Waals surface area contributed by atoms with Crippen molar-refractivity contribution in [3.63, 3.8) is 0 Å². The molecular formula is C23H25N3O. The predicted molar refractivity (Wildman–Crippen MR) is 112 cm³/mol. The first-order chi connectivity index (χ1) is 12.8. The van der Waals surface area contributed by atoms with Crippen molar-refractivity contribution in [2.45, 2.75) is 33.1 Å². The van der Waals surface area contributed by atoms with E-state index in [0.717, 1.165) is 11.5 Å². The number of hydrogen-bond donors (Lipinski definition) is 2. The molecule has 4 nitrogen and oxygen atoms in total. The summed E-state index contributed by atoms with van der Waals surface area (Å²) in [6, 6.07) is 19.5. The maximum Gasteiger partial charge on any atom is 0.255 e. The molecule has 2 aromatic carbocycles. The lowest BCUT2D eigenvalue weighted by Crippen LogP contribution is -2.14. The zero-order valence-electron chi connectivity index (χ0n) is 16.2. The second-order valence-corrected chi connectivity index (χ2v) is 7.71. The molecule has 1 amide bonds. The Balaban J connectivity index is 1.64. The van der Waals surface area contributed by atoms with E-state index in [1.807, 2.05) is 61.5 Å². The minimum absolute atomic E-state index is 0.0685. The summed E-state index contributed by atoms with van der Waals surface area (Å²) < 4.78 is 0. The summed E-state index contributed by atoms with van der Waals surface area (Å²) in [7, 11) is 0. The largest absolute Gasteiger partial charge is 0.340 e. The van der Waals surface area contributed by atoms with Gasteiger partial charge in [0.05, 0.1) is 11.9 Å². The standard InChI is InChI=1S/C23H25N3O/c1-16-6-5-7-19(14-16)25-21-13-12-20(15-24-21)26-22(27)17-8-10-18(11-9-17)23(2,3)4/h5-15H,1-4H3,(H,24,25)(H,26,27). The van der Waals surface area contributed by atoms with E-state index in [9.17, 15) is 4.79 Å². The van der Waals surface area contributed by atoms with Crippen LogP contribution in [0, 0.1) is 6.92 Å². The minimum Gasteiger partial charge on any atom is -0.340 e. The van der Waals surface area contributed by atoms with Gasteiger partial charge >= 0.3 is 0 Å². The average molecular weight is 359 g/mol. The van der Waals surface area contributed by atoms with Gasteiger partial charge in [-0.25, -0.2) is 4.98 Å². The number of nitrogens with zero attached hydrogens (tertiary/aromatic N) is 1. The van der Waals surface area contributed by atoms with Crippen LogP contribution in [0.25, 0.3) is 0 Å². The highest BCUT2D eigenvalue weighted by molar-refractivity contribution is 6.04. The Morgan fingerprint density at radius 3 is 2.26 bits per heavy atom. The molecule has 0 aliphatic heterocycles. The molecule has 2 N–H and O–H groups in total. The number of rotatable bonds is 4. The molecule has 0 saturated heterocycles. The maximum atomic E-state index is 12.4. The Hall–Kier alpha value is -3.14. The van der Waals surface area contributed by atoms with Crippen LogP contribution in [0.1, 0.15) is 42.3 Å². The molecule has 0 saturated carbocycles. The Morgan fingerprint density at radius 2 is 1.67 bits per heavy atom. The predicted octanol–water partition coefficient (Wildman–Crippen LogP) is 5.68. The van der Waals surface area contributed by atoms with Crippen LogP contribution >= 0.6 is 0 Å². The Labute approximate surface area is 160 Å². The maximum absolute atomic E-state index is 12.4. The summed E-state index contributed by atoms with van der Waals surface area (Å²) in [5.41, 5.74) is 4.73.